The van der Waals surface area contributed by atoms with Crippen molar-refractivity contribution in [2.45, 2.75) is 78.0 Å². The highest BCUT2D eigenvalue weighted by Crippen LogP contribution is 2.31. The third-order valence-electron chi connectivity index (χ3n) is 4.73. The van der Waals surface area contributed by atoms with E-state index in [-0.39, 0.29) is 25.6 Å². The first-order valence-electron chi connectivity index (χ1n) is 11.0. The Morgan fingerprint density at radius 1 is 0.829 bits per heavy atom. The molecule has 0 aromatic rings. The van der Waals surface area contributed by atoms with Crippen molar-refractivity contribution in [3.05, 3.63) is 12.2 Å². The van der Waals surface area contributed by atoms with Gasteiger partial charge in [-0.15, -0.1) is 0 Å². The molecule has 0 aromatic carbocycles. The number of hydrogen-bond acceptors (Lipinski definition) is 12. The fourth-order valence-electron chi connectivity index (χ4n) is 3.37. The lowest BCUT2D eigenvalue weighted by Gasteiger charge is -2.44. The molecule has 1 saturated heterocycles. The standard InChI is InChI=1S/C22H34O12S/c1-13(11-30-35(6,27)28)9-7-8-10-18-20(31-15(3)24)22(33-17(5)26)21(32-16(4)25)19(34-18)12-29-14(2)23/h7-8,13,18-22H,9-12H2,1-6H3/b8-7+. The topological polar surface area (TPSA) is 158 Å². The third-order valence-corrected chi connectivity index (χ3v) is 5.29. The Morgan fingerprint density at radius 2 is 1.34 bits per heavy atom. The Labute approximate surface area is 205 Å². The molecule has 0 saturated carbocycles. The smallest absolute Gasteiger partial charge is 0.303 e. The first-order valence-corrected chi connectivity index (χ1v) is 12.8. The number of carbonyl (C=O) groups excluding carboxylic acids is 4. The minimum atomic E-state index is -3.54. The van der Waals surface area contributed by atoms with Crippen LogP contribution in [-0.4, -0.2) is 82.3 Å². The first-order chi connectivity index (χ1) is 16.2. The molecule has 0 aliphatic carbocycles. The summed E-state index contributed by atoms with van der Waals surface area (Å²) in [4.78, 5) is 46.7. The molecule has 35 heavy (non-hydrogen) atoms. The van der Waals surface area contributed by atoms with E-state index in [4.69, 9.17) is 27.9 Å². The third kappa shape index (κ3) is 12.1. The summed E-state index contributed by atoms with van der Waals surface area (Å²) < 4.78 is 54.2. The molecule has 0 aromatic heterocycles. The fraction of sp³-hybridized carbons (Fsp3) is 0.727. The minimum absolute atomic E-state index is 0.0161. The van der Waals surface area contributed by atoms with Gasteiger partial charge in [0.2, 0.25) is 0 Å². The molecule has 6 unspecified atom stereocenters. The summed E-state index contributed by atoms with van der Waals surface area (Å²) in [6.07, 6.45) is -0.204. The monoisotopic (exact) mass is 522 g/mol. The van der Waals surface area contributed by atoms with Crippen molar-refractivity contribution >= 4 is 34.0 Å². The van der Waals surface area contributed by atoms with Crippen LogP contribution in [0.3, 0.4) is 0 Å². The maximum atomic E-state index is 11.8. The second kappa shape index (κ2) is 14.1. The molecule has 13 heteroatoms. The molecule has 1 fully saturated rings. The van der Waals surface area contributed by atoms with Gasteiger partial charge in [0, 0.05) is 27.7 Å². The predicted octanol–water partition coefficient (Wildman–Crippen LogP) is 1.06. The molecule has 1 aliphatic heterocycles. The molecule has 200 valence electrons. The van der Waals surface area contributed by atoms with Crippen molar-refractivity contribution in [2.24, 2.45) is 5.92 Å². The van der Waals surface area contributed by atoms with E-state index in [9.17, 15) is 27.6 Å². The van der Waals surface area contributed by atoms with E-state index in [2.05, 4.69) is 0 Å². The maximum absolute atomic E-state index is 11.8. The minimum Gasteiger partial charge on any atom is -0.463 e. The Bertz CT molecular complexity index is 881. The van der Waals surface area contributed by atoms with Crippen LogP contribution in [0.25, 0.3) is 0 Å². The molecule has 0 amide bonds. The molecule has 0 N–H and O–H groups in total. The SMILES string of the molecule is CC(=O)OCC1OC(C/C=C/CC(C)COS(C)(=O)=O)C(OC(C)=O)C(OC(C)=O)C1OC(C)=O. The Kier molecular flexibility index (Phi) is 12.3. The second-order valence-electron chi connectivity index (χ2n) is 8.27. The molecule has 12 nitrogen and oxygen atoms in total. The van der Waals surface area contributed by atoms with Crippen LogP contribution in [0.1, 0.15) is 47.5 Å². The van der Waals surface area contributed by atoms with Gasteiger partial charge in [0.15, 0.2) is 18.3 Å². The van der Waals surface area contributed by atoms with E-state index in [1.807, 2.05) is 6.92 Å². The zero-order valence-corrected chi connectivity index (χ0v) is 21.6. The lowest BCUT2D eigenvalue weighted by molar-refractivity contribution is -0.251. The van der Waals surface area contributed by atoms with Crippen LogP contribution in [0, 0.1) is 5.92 Å². The predicted molar refractivity (Wildman–Crippen MR) is 120 cm³/mol. The average Bonchev–Trinajstić information content (AvgIpc) is 2.70. The molecule has 1 heterocycles. The zero-order valence-electron chi connectivity index (χ0n) is 20.8. The number of esters is 4. The van der Waals surface area contributed by atoms with Gasteiger partial charge in [-0.05, 0) is 18.8 Å². The fourth-order valence-corrected chi connectivity index (χ4v) is 3.85. The molecule has 0 bridgehead atoms. The van der Waals surface area contributed by atoms with Crippen LogP contribution in [0.2, 0.25) is 0 Å². The van der Waals surface area contributed by atoms with Gasteiger partial charge in [0.05, 0.1) is 12.9 Å². The number of rotatable bonds is 12. The van der Waals surface area contributed by atoms with Gasteiger partial charge in [0.25, 0.3) is 10.1 Å². The second-order valence-corrected chi connectivity index (χ2v) is 9.92. The van der Waals surface area contributed by atoms with Gasteiger partial charge in [-0.3, -0.25) is 23.4 Å². The molecule has 6 atom stereocenters. The summed E-state index contributed by atoms with van der Waals surface area (Å²) in [7, 11) is -3.54. The van der Waals surface area contributed by atoms with Crippen LogP contribution in [0.15, 0.2) is 12.2 Å². The highest BCUT2D eigenvalue weighted by Gasteiger charge is 2.51. The summed E-state index contributed by atoms with van der Waals surface area (Å²) in [5, 5.41) is 0. The van der Waals surface area contributed by atoms with Gasteiger partial charge in [-0.1, -0.05) is 19.1 Å². The molecule has 0 radical (unpaired) electrons. The highest BCUT2D eigenvalue weighted by molar-refractivity contribution is 7.85. The molecule has 1 rings (SSSR count). The summed E-state index contributed by atoms with van der Waals surface area (Å²) in [6, 6.07) is 0. The quantitative estimate of drug-likeness (QED) is 0.155. The van der Waals surface area contributed by atoms with Crippen LogP contribution < -0.4 is 0 Å². The van der Waals surface area contributed by atoms with E-state index in [1.54, 1.807) is 12.2 Å². The van der Waals surface area contributed by atoms with Crippen molar-refractivity contribution in [1.29, 1.82) is 0 Å². The average molecular weight is 523 g/mol. The molecule has 0 spiro atoms. The Morgan fingerprint density at radius 3 is 1.83 bits per heavy atom. The highest BCUT2D eigenvalue weighted by atomic mass is 32.2. The summed E-state index contributed by atoms with van der Waals surface area (Å²) in [5.74, 6) is -2.77. The summed E-state index contributed by atoms with van der Waals surface area (Å²) in [5.41, 5.74) is 0. The summed E-state index contributed by atoms with van der Waals surface area (Å²) in [6.45, 7) is 6.21. The normalized spacial score (nSPS) is 25.5. The van der Waals surface area contributed by atoms with E-state index < -0.39 is 64.5 Å². The maximum Gasteiger partial charge on any atom is 0.303 e. The Hall–Kier alpha value is -2.51. The molecular weight excluding hydrogens is 488 g/mol. The number of carbonyl (C=O) groups is 4. The van der Waals surface area contributed by atoms with Gasteiger partial charge in [0.1, 0.15) is 18.8 Å². The van der Waals surface area contributed by atoms with Crippen LogP contribution in [0.5, 0.6) is 0 Å². The van der Waals surface area contributed by atoms with Gasteiger partial charge in [-0.25, -0.2) is 0 Å². The number of ether oxygens (including phenoxy) is 5. The molecular formula is C22H34O12S. The van der Waals surface area contributed by atoms with Crippen molar-refractivity contribution in [3.63, 3.8) is 0 Å². The number of hydrogen-bond donors (Lipinski definition) is 0. The first kappa shape index (κ1) is 30.5. The van der Waals surface area contributed by atoms with Crippen molar-refractivity contribution < 1.29 is 55.5 Å². The van der Waals surface area contributed by atoms with E-state index in [0.717, 1.165) is 20.1 Å². The van der Waals surface area contributed by atoms with Crippen LogP contribution in [-0.2, 0) is 57.2 Å². The lowest BCUT2D eigenvalue weighted by Crippen LogP contribution is -2.62. The van der Waals surface area contributed by atoms with Gasteiger partial charge in [-0.2, -0.15) is 8.42 Å². The van der Waals surface area contributed by atoms with E-state index in [1.165, 1.54) is 13.8 Å². The molecule has 1 aliphatic rings. The van der Waals surface area contributed by atoms with Crippen molar-refractivity contribution in [3.8, 4) is 0 Å². The lowest BCUT2D eigenvalue weighted by atomic mass is 9.92. The van der Waals surface area contributed by atoms with Crippen molar-refractivity contribution in [2.75, 3.05) is 19.5 Å². The Balaban J connectivity index is 3.11. The zero-order chi connectivity index (χ0) is 26.8. The van der Waals surface area contributed by atoms with E-state index >= 15 is 0 Å². The van der Waals surface area contributed by atoms with Crippen molar-refractivity contribution in [1.82, 2.24) is 0 Å². The number of allylic oxidation sites excluding steroid dienone is 1. The largest absolute Gasteiger partial charge is 0.463 e. The van der Waals surface area contributed by atoms with Gasteiger partial charge < -0.3 is 23.7 Å². The van der Waals surface area contributed by atoms with Crippen LogP contribution in [0.4, 0.5) is 0 Å². The van der Waals surface area contributed by atoms with Gasteiger partial charge >= 0.3 is 23.9 Å². The van der Waals surface area contributed by atoms with E-state index in [0.29, 0.717) is 6.42 Å². The van der Waals surface area contributed by atoms with Crippen LogP contribution >= 0.6 is 0 Å². The summed E-state index contributed by atoms with van der Waals surface area (Å²) >= 11 is 0.